The fourth-order valence-electron chi connectivity index (χ4n) is 1.96. The highest BCUT2D eigenvalue weighted by Gasteiger charge is 2.29. The van der Waals surface area contributed by atoms with Gasteiger partial charge in [-0.3, -0.25) is 14.4 Å². The van der Waals surface area contributed by atoms with Crippen molar-refractivity contribution >= 4 is 36.3 Å². The fraction of sp³-hybridized carbons (Fsp3) is 0.750. The average molecular weight is 391 g/mol. The first-order valence-electron chi connectivity index (χ1n) is 8.51. The molecule has 6 N–H and O–H groups in total. The molecule has 0 aliphatic rings. The van der Waals surface area contributed by atoms with Crippen LogP contribution < -0.4 is 21.7 Å². The Labute approximate surface area is 159 Å². The first kappa shape index (κ1) is 24.2. The van der Waals surface area contributed by atoms with E-state index in [4.69, 9.17) is 5.73 Å². The maximum Gasteiger partial charge on any atom is 0.326 e. The maximum atomic E-state index is 12.2. The summed E-state index contributed by atoms with van der Waals surface area (Å²) in [7, 11) is 0. The molecule has 0 rings (SSSR count). The maximum absolute atomic E-state index is 12.2. The molecular formula is C16H30N4O5S. The molecular weight excluding hydrogens is 360 g/mol. The van der Waals surface area contributed by atoms with E-state index in [1.54, 1.807) is 20.8 Å². The Balaban J connectivity index is 4.68. The smallest absolute Gasteiger partial charge is 0.326 e. The van der Waals surface area contributed by atoms with E-state index in [1.165, 1.54) is 0 Å². The summed E-state index contributed by atoms with van der Waals surface area (Å²) in [4.78, 5) is 47.2. The van der Waals surface area contributed by atoms with Gasteiger partial charge >= 0.3 is 5.97 Å². The van der Waals surface area contributed by atoms with Gasteiger partial charge in [0.15, 0.2) is 0 Å². The van der Waals surface area contributed by atoms with Crippen LogP contribution in [0.25, 0.3) is 0 Å². The summed E-state index contributed by atoms with van der Waals surface area (Å²) in [6.07, 6.45) is 0.567. The van der Waals surface area contributed by atoms with Crippen molar-refractivity contribution in [1.82, 2.24) is 16.0 Å². The number of carbonyl (C=O) groups excluding carboxylic acids is 3. The number of nitrogens with two attached hydrogens (primary N) is 1. The number of aliphatic carboxylic acids is 1. The van der Waals surface area contributed by atoms with Gasteiger partial charge in [-0.05, 0) is 11.8 Å². The number of amides is 3. The number of nitrogens with one attached hydrogen (secondary N) is 3. The van der Waals surface area contributed by atoms with E-state index in [0.29, 0.717) is 6.42 Å². The van der Waals surface area contributed by atoms with Gasteiger partial charge in [0, 0.05) is 5.75 Å². The van der Waals surface area contributed by atoms with E-state index in [-0.39, 0.29) is 24.1 Å². The predicted molar refractivity (Wildman–Crippen MR) is 101 cm³/mol. The molecule has 10 heteroatoms. The van der Waals surface area contributed by atoms with Gasteiger partial charge in [0.2, 0.25) is 17.7 Å². The van der Waals surface area contributed by atoms with Crippen LogP contribution in [0.1, 0.15) is 34.1 Å². The van der Waals surface area contributed by atoms with E-state index < -0.39 is 41.8 Å². The van der Waals surface area contributed by atoms with E-state index in [2.05, 4.69) is 28.6 Å². The monoisotopic (exact) mass is 390 g/mol. The summed E-state index contributed by atoms with van der Waals surface area (Å²) in [6, 6.07) is -2.82. The SMILES string of the molecule is CCC(C)C(NC(=O)C(CS)NC(=O)CNC(=O)C(N)C(C)C)C(=O)O. The first-order valence-corrected chi connectivity index (χ1v) is 9.14. The zero-order chi connectivity index (χ0) is 20.4. The van der Waals surface area contributed by atoms with Crippen molar-refractivity contribution in [2.45, 2.75) is 52.2 Å². The zero-order valence-electron chi connectivity index (χ0n) is 15.6. The van der Waals surface area contributed by atoms with Crippen molar-refractivity contribution in [3.63, 3.8) is 0 Å². The minimum absolute atomic E-state index is 0.0239. The molecule has 0 aliphatic carbocycles. The van der Waals surface area contributed by atoms with Crippen molar-refractivity contribution in [2.75, 3.05) is 12.3 Å². The first-order chi connectivity index (χ1) is 12.0. The molecule has 0 aromatic carbocycles. The largest absolute Gasteiger partial charge is 0.480 e. The van der Waals surface area contributed by atoms with Crippen molar-refractivity contribution < 1.29 is 24.3 Å². The molecule has 150 valence electrons. The van der Waals surface area contributed by atoms with E-state index in [1.807, 2.05) is 6.92 Å². The van der Waals surface area contributed by atoms with Crippen molar-refractivity contribution in [3.8, 4) is 0 Å². The van der Waals surface area contributed by atoms with Gasteiger partial charge in [0.1, 0.15) is 12.1 Å². The van der Waals surface area contributed by atoms with Gasteiger partial charge in [-0.15, -0.1) is 0 Å². The number of rotatable bonds is 11. The lowest BCUT2D eigenvalue weighted by Gasteiger charge is -2.23. The summed E-state index contributed by atoms with van der Waals surface area (Å²) in [5.41, 5.74) is 5.67. The Hall–Kier alpha value is -1.81. The van der Waals surface area contributed by atoms with E-state index >= 15 is 0 Å². The van der Waals surface area contributed by atoms with Crippen molar-refractivity contribution in [2.24, 2.45) is 17.6 Å². The Morgan fingerprint density at radius 1 is 1.08 bits per heavy atom. The molecule has 0 aromatic heterocycles. The summed E-state index contributed by atoms with van der Waals surface area (Å²) < 4.78 is 0. The van der Waals surface area contributed by atoms with Crippen LogP contribution in [0.15, 0.2) is 0 Å². The molecule has 0 radical (unpaired) electrons. The fourth-order valence-corrected chi connectivity index (χ4v) is 2.22. The van der Waals surface area contributed by atoms with Crippen LogP contribution in [0.4, 0.5) is 0 Å². The second kappa shape index (κ2) is 11.7. The van der Waals surface area contributed by atoms with Crippen molar-refractivity contribution in [1.29, 1.82) is 0 Å². The van der Waals surface area contributed by atoms with Crippen LogP contribution in [0.2, 0.25) is 0 Å². The third kappa shape index (κ3) is 8.05. The van der Waals surface area contributed by atoms with Crippen LogP contribution >= 0.6 is 12.6 Å². The molecule has 0 aliphatic heterocycles. The Morgan fingerprint density at radius 2 is 1.65 bits per heavy atom. The summed E-state index contributed by atoms with van der Waals surface area (Å²) in [5.74, 6) is -3.24. The van der Waals surface area contributed by atoms with Gasteiger partial charge in [-0.2, -0.15) is 12.6 Å². The molecule has 0 aromatic rings. The molecule has 0 heterocycles. The Kier molecular flexibility index (Phi) is 10.9. The number of thiol groups is 1. The predicted octanol–water partition coefficient (Wildman–Crippen LogP) is -0.884. The number of carboxylic acid groups (broad SMARTS) is 1. The second-order valence-electron chi connectivity index (χ2n) is 6.50. The molecule has 3 amide bonds. The number of hydrogen-bond donors (Lipinski definition) is 6. The van der Waals surface area contributed by atoms with Crippen molar-refractivity contribution in [3.05, 3.63) is 0 Å². The van der Waals surface area contributed by atoms with E-state index in [0.717, 1.165) is 0 Å². The lowest BCUT2D eigenvalue weighted by Crippen LogP contribution is -2.55. The molecule has 0 spiro atoms. The molecule has 4 atom stereocenters. The van der Waals surface area contributed by atoms with Crippen LogP contribution in [0, 0.1) is 11.8 Å². The van der Waals surface area contributed by atoms with Gasteiger partial charge in [-0.1, -0.05) is 34.1 Å². The third-order valence-electron chi connectivity index (χ3n) is 4.06. The molecule has 4 unspecified atom stereocenters. The Morgan fingerprint density at radius 3 is 2.08 bits per heavy atom. The summed E-state index contributed by atoms with van der Waals surface area (Å²) in [5, 5.41) is 16.4. The van der Waals surface area contributed by atoms with Crippen LogP contribution in [0.5, 0.6) is 0 Å². The Bertz CT molecular complexity index is 515. The van der Waals surface area contributed by atoms with E-state index in [9.17, 15) is 24.3 Å². The zero-order valence-corrected chi connectivity index (χ0v) is 16.5. The van der Waals surface area contributed by atoms with Crippen LogP contribution in [-0.2, 0) is 19.2 Å². The second-order valence-corrected chi connectivity index (χ2v) is 6.87. The van der Waals surface area contributed by atoms with Gasteiger partial charge in [0.05, 0.1) is 12.6 Å². The summed E-state index contributed by atoms with van der Waals surface area (Å²) >= 11 is 4.02. The molecule has 9 nitrogen and oxygen atoms in total. The third-order valence-corrected chi connectivity index (χ3v) is 4.42. The lowest BCUT2D eigenvalue weighted by molar-refractivity contribution is -0.143. The molecule has 0 fully saturated rings. The number of hydrogen-bond acceptors (Lipinski definition) is 6. The minimum Gasteiger partial charge on any atom is -0.480 e. The molecule has 0 bridgehead atoms. The summed E-state index contributed by atoms with van der Waals surface area (Å²) in [6.45, 7) is 6.74. The van der Waals surface area contributed by atoms with Crippen LogP contribution in [-0.4, -0.2) is 59.2 Å². The number of carbonyl (C=O) groups is 4. The van der Waals surface area contributed by atoms with Gasteiger partial charge < -0.3 is 26.8 Å². The highest BCUT2D eigenvalue weighted by molar-refractivity contribution is 7.80. The molecule has 0 saturated heterocycles. The quantitative estimate of drug-likeness (QED) is 0.252. The average Bonchev–Trinajstić information content (AvgIpc) is 2.59. The normalized spacial score (nSPS) is 15.5. The van der Waals surface area contributed by atoms with Gasteiger partial charge in [0.25, 0.3) is 0 Å². The highest BCUT2D eigenvalue weighted by Crippen LogP contribution is 2.08. The standard InChI is InChI=1S/C16H30N4O5S/c1-5-9(4)13(16(24)25)20-14(22)10(7-26)19-11(21)6-18-15(23)12(17)8(2)3/h8-10,12-13,26H,5-7,17H2,1-4H3,(H,18,23)(H,19,21)(H,20,22)(H,24,25). The molecule has 26 heavy (non-hydrogen) atoms. The van der Waals surface area contributed by atoms with Crippen LogP contribution in [0.3, 0.4) is 0 Å². The topological polar surface area (TPSA) is 151 Å². The minimum atomic E-state index is -1.15. The highest BCUT2D eigenvalue weighted by atomic mass is 32.1. The van der Waals surface area contributed by atoms with Gasteiger partial charge in [-0.25, -0.2) is 4.79 Å². The number of carboxylic acids is 1. The lowest BCUT2D eigenvalue weighted by atomic mass is 9.99. The molecule has 0 saturated carbocycles.